The molecule has 2 nitrogen and oxygen atoms in total. The average Bonchev–Trinajstić information content (AvgIpc) is 2.44. The molecule has 2 heteroatoms. The van der Waals surface area contributed by atoms with Crippen LogP contribution in [-0.2, 0) is 4.79 Å². The monoisotopic (exact) mass is 128 g/mol. The first-order valence-corrected chi connectivity index (χ1v) is 3.34. The van der Waals surface area contributed by atoms with Gasteiger partial charge in [0.15, 0.2) is 0 Å². The standard InChI is InChI=1S/C7H12O2/c1-3-5-4-7(5,2)6(8)9/h5H,3-4H2,1-2H3,(H,8,9)/t5-,7+/m0/s1. The van der Waals surface area contributed by atoms with Crippen LogP contribution in [0.5, 0.6) is 0 Å². The highest BCUT2D eigenvalue weighted by atomic mass is 16.4. The fraction of sp³-hybridized carbons (Fsp3) is 0.857. The molecule has 0 aromatic carbocycles. The van der Waals surface area contributed by atoms with Gasteiger partial charge >= 0.3 is 5.97 Å². The molecular formula is C7H12O2. The second-order valence-electron chi connectivity index (χ2n) is 3.03. The van der Waals surface area contributed by atoms with Crippen molar-refractivity contribution in [1.29, 1.82) is 0 Å². The molecule has 0 bridgehead atoms. The Bertz CT molecular complexity index is 142. The summed E-state index contributed by atoms with van der Waals surface area (Å²) in [6.07, 6.45) is 1.88. The Labute approximate surface area is 54.9 Å². The van der Waals surface area contributed by atoms with Crippen molar-refractivity contribution in [3.63, 3.8) is 0 Å². The molecule has 0 aromatic rings. The van der Waals surface area contributed by atoms with Crippen LogP contribution in [0.4, 0.5) is 0 Å². The van der Waals surface area contributed by atoms with E-state index in [1.807, 2.05) is 13.8 Å². The van der Waals surface area contributed by atoms with E-state index in [4.69, 9.17) is 5.11 Å². The number of carbonyl (C=O) groups is 1. The fourth-order valence-corrected chi connectivity index (χ4v) is 1.31. The predicted octanol–water partition coefficient (Wildman–Crippen LogP) is 1.51. The molecule has 1 rings (SSSR count). The van der Waals surface area contributed by atoms with Crippen molar-refractivity contribution in [2.75, 3.05) is 0 Å². The van der Waals surface area contributed by atoms with E-state index in [1.54, 1.807) is 0 Å². The van der Waals surface area contributed by atoms with Crippen LogP contribution in [0.1, 0.15) is 26.7 Å². The van der Waals surface area contributed by atoms with Gasteiger partial charge in [-0.05, 0) is 19.3 Å². The Morgan fingerprint density at radius 3 is 2.56 bits per heavy atom. The van der Waals surface area contributed by atoms with Crippen molar-refractivity contribution in [1.82, 2.24) is 0 Å². The lowest BCUT2D eigenvalue weighted by Gasteiger charge is -2.00. The van der Waals surface area contributed by atoms with Gasteiger partial charge in [0, 0.05) is 0 Å². The zero-order chi connectivity index (χ0) is 7.07. The van der Waals surface area contributed by atoms with Crippen LogP contribution in [0.2, 0.25) is 0 Å². The minimum atomic E-state index is -0.630. The second kappa shape index (κ2) is 1.72. The predicted molar refractivity (Wildman–Crippen MR) is 34.1 cm³/mol. The van der Waals surface area contributed by atoms with Crippen molar-refractivity contribution < 1.29 is 9.90 Å². The third-order valence-corrected chi connectivity index (χ3v) is 2.39. The average molecular weight is 128 g/mol. The first-order chi connectivity index (χ1) is 4.11. The summed E-state index contributed by atoms with van der Waals surface area (Å²) in [6, 6.07) is 0. The number of hydrogen-bond acceptors (Lipinski definition) is 1. The topological polar surface area (TPSA) is 37.3 Å². The Morgan fingerprint density at radius 2 is 2.44 bits per heavy atom. The van der Waals surface area contributed by atoms with Crippen molar-refractivity contribution >= 4 is 5.97 Å². The van der Waals surface area contributed by atoms with E-state index < -0.39 is 5.97 Å². The van der Waals surface area contributed by atoms with Gasteiger partial charge in [-0.15, -0.1) is 0 Å². The highest BCUT2D eigenvalue weighted by Gasteiger charge is 2.54. The van der Waals surface area contributed by atoms with Crippen LogP contribution in [0.15, 0.2) is 0 Å². The second-order valence-corrected chi connectivity index (χ2v) is 3.03. The quantitative estimate of drug-likeness (QED) is 0.612. The van der Waals surface area contributed by atoms with E-state index in [1.165, 1.54) is 0 Å². The first kappa shape index (κ1) is 6.59. The highest BCUT2D eigenvalue weighted by molar-refractivity contribution is 5.77. The van der Waals surface area contributed by atoms with E-state index in [0.717, 1.165) is 12.8 Å². The Balaban J connectivity index is 2.52. The number of carboxylic acid groups (broad SMARTS) is 1. The highest BCUT2D eigenvalue weighted by Crippen LogP contribution is 2.53. The van der Waals surface area contributed by atoms with E-state index in [9.17, 15) is 4.79 Å². The first-order valence-electron chi connectivity index (χ1n) is 3.34. The Morgan fingerprint density at radius 1 is 1.89 bits per heavy atom. The zero-order valence-corrected chi connectivity index (χ0v) is 5.85. The molecule has 0 aromatic heterocycles. The largest absolute Gasteiger partial charge is 0.481 e. The molecule has 9 heavy (non-hydrogen) atoms. The SMILES string of the molecule is CC[C@H]1C[C@@]1(C)C(=O)O. The van der Waals surface area contributed by atoms with Gasteiger partial charge in [0.25, 0.3) is 0 Å². The summed E-state index contributed by atoms with van der Waals surface area (Å²) >= 11 is 0. The summed E-state index contributed by atoms with van der Waals surface area (Å²) in [4.78, 5) is 10.5. The molecule has 1 saturated carbocycles. The summed E-state index contributed by atoms with van der Waals surface area (Å²) < 4.78 is 0. The third kappa shape index (κ3) is 0.824. The molecule has 0 radical (unpaired) electrons. The van der Waals surface area contributed by atoms with E-state index in [-0.39, 0.29) is 5.41 Å². The van der Waals surface area contributed by atoms with Crippen LogP contribution < -0.4 is 0 Å². The van der Waals surface area contributed by atoms with E-state index >= 15 is 0 Å². The maximum atomic E-state index is 10.5. The number of rotatable bonds is 2. The molecule has 1 fully saturated rings. The van der Waals surface area contributed by atoms with Crippen LogP contribution >= 0.6 is 0 Å². The number of carboxylic acids is 1. The van der Waals surface area contributed by atoms with Crippen molar-refractivity contribution in [2.45, 2.75) is 26.7 Å². The molecular weight excluding hydrogens is 116 g/mol. The lowest BCUT2D eigenvalue weighted by atomic mass is 10.1. The van der Waals surface area contributed by atoms with Crippen LogP contribution in [0.3, 0.4) is 0 Å². The van der Waals surface area contributed by atoms with Gasteiger partial charge in [-0.25, -0.2) is 0 Å². The normalized spacial score (nSPS) is 40.4. The van der Waals surface area contributed by atoms with Gasteiger partial charge in [0.05, 0.1) is 5.41 Å². The molecule has 2 atom stereocenters. The van der Waals surface area contributed by atoms with E-state index in [0.29, 0.717) is 5.92 Å². The molecule has 1 N–H and O–H groups in total. The van der Waals surface area contributed by atoms with Gasteiger partial charge in [-0.2, -0.15) is 0 Å². The zero-order valence-electron chi connectivity index (χ0n) is 5.85. The van der Waals surface area contributed by atoms with Gasteiger partial charge < -0.3 is 5.11 Å². The summed E-state index contributed by atoms with van der Waals surface area (Å²) in [5.41, 5.74) is -0.366. The summed E-state index contributed by atoms with van der Waals surface area (Å²) in [5.74, 6) is -0.190. The summed E-state index contributed by atoms with van der Waals surface area (Å²) in [6.45, 7) is 3.86. The third-order valence-electron chi connectivity index (χ3n) is 2.39. The van der Waals surface area contributed by atoms with Crippen LogP contribution in [0, 0.1) is 11.3 Å². The smallest absolute Gasteiger partial charge is 0.309 e. The van der Waals surface area contributed by atoms with Gasteiger partial charge in [-0.3, -0.25) is 4.79 Å². The lowest BCUT2D eigenvalue weighted by Crippen LogP contribution is -2.12. The van der Waals surface area contributed by atoms with Crippen molar-refractivity contribution in [3.8, 4) is 0 Å². The summed E-state index contributed by atoms with van der Waals surface area (Å²) in [7, 11) is 0. The molecule has 0 heterocycles. The molecule has 1 aliphatic carbocycles. The lowest BCUT2D eigenvalue weighted by molar-refractivity contribution is -0.143. The summed E-state index contributed by atoms with van der Waals surface area (Å²) in [5, 5.41) is 8.61. The van der Waals surface area contributed by atoms with Gasteiger partial charge in [0.1, 0.15) is 0 Å². The Kier molecular flexibility index (Phi) is 1.26. The maximum absolute atomic E-state index is 10.5. The maximum Gasteiger partial charge on any atom is 0.309 e. The molecule has 0 unspecified atom stereocenters. The molecule has 0 amide bonds. The molecule has 0 spiro atoms. The molecule has 1 aliphatic rings. The minimum absolute atomic E-state index is 0.366. The van der Waals surface area contributed by atoms with Crippen molar-refractivity contribution in [3.05, 3.63) is 0 Å². The Hall–Kier alpha value is -0.530. The van der Waals surface area contributed by atoms with Crippen molar-refractivity contribution in [2.24, 2.45) is 11.3 Å². The molecule has 0 saturated heterocycles. The van der Waals surface area contributed by atoms with Gasteiger partial charge in [-0.1, -0.05) is 13.3 Å². The van der Waals surface area contributed by atoms with E-state index in [2.05, 4.69) is 0 Å². The van der Waals surface area contributed by atoms with Crippen LogP contribution in [0.25, 0.3) is 0 Å². The number of aliphatic carboxylic acids is 1. The minimum Gasteiger partial charge on any atom is -0.481 e. The molecule has 0 aliphatic heterocycles. The molecule has 52 valence electrons. The van der Waals surface area contributed by atoms with Crippen LogP contribution in [-0.4, -0.2) is 11.1 Å². The fourth-order valence-electron chi connectivity index (χ4n) is 1.31. The van der Waals surface area contributed by atoms with Gasteiger partial charge in [0.2, 0.25) is 0 Å². The number of hydrogen-bond donors (Lipinski definition) is 1.